The lowest BCUT2D eigenvalue weighted by atomic mass is 9.68. The van der Waals surface area contributed by atoms with Crippen molar-refractivity contribution >= 4 is 43.5 Å². The van der Waals surface area contributed by atoms with Crippen molar-refractivity contribution in [2.45, 2.75) is 19.3 Å². The number of para-hydroxylation sites is 2. The summed E-state index contributed by atoms with van der Waals surface area (Å²) < 4.78 is 2.45. The van der Waals surface area contributed by atoms with Crippen molar-refractivity contribution in [2.75, 3.05) is 0 Å². The van der Waals surface area contributed by atoms with Crippen LogP contribution in [-0.4, -0.2) is 9.55 Å². The minimum absolute atomic E-state index is 0.0680. The van der Waals surface area contributed by atoms with Crippen LogP contribution in [0, 0.1) is 0 Å². The van der Waals surface area contributed by atoms with Gasteiger partial charge in [-0.05, 0) is 63.4 Å². The summed E-state index contributed by atoms with van der Waals surface area (Å²) in [7, 11) is 0. The summed E-state index contributed by atoms with van der Waals surface area (Å²) in [5.41, 5.74) is 12.4. The first kappa shape index (κ1) is 23.5. The van der Waals surface area contributed by atoms with E-state index < -0.39 is 0 Å². The fraction of sp³-hybridized carbons (Fsp3) is 0.0750. The van der Waals surface area contributed by atoms with Crippen LogP contribution in [0.1, 0.15) is 25.0 Å². The molecule has 42 heavy (non-hydrogen) atoms. The third-order valence-electron chi connectivity index (χ3n) is 9.41. The molecule has 2 heteroatoms. The lowest BCUT2D eigenvalue weighted by Crippen LogP contribution is -2.23. The summed E-state index contributed by atoms with van der Waals surface area (Å²) in [6.07, 6.45) is 1.87. The normalized spacial score (nSPS) is 13.7. The molecule has 2 nitrogen and oxygen atoms in total. The zero-order valence-corrected chi connectivity index (χ0v) is 23.6. The zero-order valence-electron chi connectivity index (χ0n) is 23.6. The first-order valence-electron chi connectivity index (χ1n) is 14.6. The summed E-state index contributed by atoms with van der Waals surface area (Å²) in [6, 6.07) is 46.6. The molecule has 0 saturated carbocycles. The number of fused-ring (bicyclic) bond motifs is 7. The minimum Gasteiger partial charge on any atom is -0.309 e. The third-order valence-corrected chi connectivity index (χ3v) is 9.41. The minimum atomic E-state index is -0.0680. The maximum atomic E-state index is 4.70. The maximum absolute atomic E-state index is 4.70. The molecular formula is C40H28N2. The number of hydrogen-bond acceptors (Lipinski definition) is 1. The van der Waals surface area contributed by atoms with E-state index in [0.717, 1.165) is 22.2 Å². The SMILES string of the molecule is CC1(C)c2ccccc2-c2c3c1cccc3cc1c2c2ccccc2n1-c1ccc(-c2cccc3cccnc23)cc1. The average Bonchev–Trinajstić information content (AvgIpc) is 3.36. The first-order valence-corrected chi connectivity index (χ1v) is 14.6. The van der Waals surface area contributed by atoms with Gasteiger partial charge < -0.3 is 4.57 Å². The predicted octanol–water partition coefficient (Wildman–Crippen LogP) is 10.5. The van der Waals surface area contributed by atoms with Crippen LogP contribution >= 0.6 is 0 Å². The quantitative estimate of drug-likeness (QED) is 0.215. The van der Waals surface area contributed by atoms with Crippen LogP contribution < -0.4 is 0 Å². The van der Waals surface area contributed by atoms with Crippen LogP contribution in [0.2, 0.25) is 0 Å². The van der Waals surface area contributed by atoms with Crippen molar-refractivity contribution in [3.63, 3.8) is 0 Å². The molecule has 2 aromatic heterocycles. The predicted molar refractivity (Wildman–Crippen MR) is 177 cm³/mol. The second-order valence-corrected chi connectivity index (χ2v) is 12.0. The molecule has 198 valence electrons. The summed E-state index contributed by atoms with van der Waals surface area (Å²) in [6.45, 7) is 4.73. The van der Waals surface area contributed by atoms with Gasteiger partial charge in [-0.15, -0.1) is 0 Å². The van der Waals surface area contributed by atoms with E-state index in [2.05, 4.69) is 140 Å². The molecule has 0 saturated heterocycles. The lowest BCUT2D eigenvalue weighted by molar-refractivity contribution is 0.645. The highest BCUT2D eigenvalue weighted by Crippen LogP contribution is 2.52. The maximum Gasteiger partial charge on any atom is 0.0780 e. The van der Waals surface area contributed by atoms with Crippen LogP contribution in [0.25, 0.3) is 71.4 Å². The average molecular weight is 537 g/mol. The monoisotopic (exact) mass is 536 g/mol. The fourth-order valence-electron chi connectivity index (χ4n) is 7.49. The highest BCUT2D eigenvalue weighted by atomic mass is 15.0. The van der Waals surface area contributed by atoms with Gasteiger partial charge in [0.05, 0.1) is 16.6 Å². The van der Waals surface area contributed by atoms with Crippen molar-refractivity contribution in [3.05, 3.63) is 145 Å². The molecule has 0 aliphatic heterocycles. The Bertz CT molecular complexity index is 2370. The molecule has 1 aliphatic rings. The van der Waals surface area contributed by atoms with Crippen molar-refractivity contribution in [2.24, 2.45) is 0 Å². The first-order chi connectivity index (χ1) is 20.6. The second kappa shape index (κ2) is 8.41. The molecule has 0 N–H and O–H groups in total. The Morgan fingerprint density at radius 1 is 0.571 bits per heavy atom. The molecule has 6 aromatic carbocycles. The van der Waals surface area contributed by atoms with E-state index in [1.54, 1.807) is 0 Å². The van der Waals surface area contributed by atoms with Gasteiger partial charge in [0.25, 0.3) is 0 Å². The lowest BCUT2D eigenvalue weighted by Gasteiger charge is -2.35. The Labute approximate surface area is 244 Å². The van der Waals surface area contributed by atoms with E-state index in [4.69, 9.17) is 4.98 Å². The van der Waals surface area contributed by atoms with E-state index in [1.807, 2.05) is 12.3 Å². The molecule has 9 rings (SSSR count). The molecule has 0 atom stereocenters. The second-order valence-electron chi connectivity index (χ2n) is 12.0. The van der Waals surface area contributed by atoms with Crippen molar-refractivity contribution in [1.29, 1.82) is 0 Å². The van der Waals surface area contributed by atoms with Crippen molar-refractivity contribution in [3.8, 4) is 27.9 Å². The standard InChI is InChI=1S/C40H28N2/c1-40(2)32-16-5-3-13-30(32)38-36-27(11-8-17-33(36)40)24-35-37(38)31-14-4-6-18-34(31)42(35)28-21-19-25(20-22-28)29-15-7-10-26-12-9-23-41-39(26)29/h3-24H,1-2H3. The zero-order chi connectivity index (χ0) is 28.0. The number of benzene rings is 6. The Kier molecular flexibility index (Phi) is 4.70. The molecule has 2 heterocycles. The summed E-state index contributed by atoms with van der Waals surface area (Å²) in [5, 5.41) is 6.45. The van der Waals surface area contributed by atoms with Gasteiger partial charge in [0.15, 0.2) is 0 Å². The molecule has 0 radical (unpaired) electrons. The number of aromatic nitrogens is 2. The Morgan fingerprint density at radius 3 is 2.19 bits per heavy atom. The molecule has 0 fully saturated rings. The van der Waals surface area contributed by atoms with Crippen molar-refractivity contribution < 1.29 is 0 Å². The molecule has 0 unspecified atom stereocenters. The van der Waals surface area contributed by atoms with E-state index in [9.17, 15) is 0 Å². The Hall–Kier alpha value is -5.21. The smallest absolute Gasteiger partial charge is 0.0780 e. The van der Waals surface area contributed by atoms with Gasteiger partial charge in [-0.1, -0.05) is 111 Å². The van der Waals surface area contributed by atoms with E-state index in [0.29, 0.717) is 0 Å². The van der Waals surface area contributed by atoms with Gasteiger partial charge in [0, 0.05) is 44.6 Å². The van der Waals surface area contributed by atoms with Gasteiger partial charge in [-0.2, -0.15) is 0 Å². The van der Waals surface area contributed by atoms with Crippen LogP contribution in [0.3, 0.4) is 0 Å². The number of rotatable bonds is 2. The number of hydrogen-bond donors (Lipinski definition) is 0. The van der Waals surface area contributed by atoms with Gasteiger partial charge in [0.1, 0.15) is 0 Å². The fourth-order valence-corrected chi connectivity index (χ4v) is 7.49. The highest BCUT2D eigenvalue weighted by Gasteiger charge is 2.35. The van der Waals surface area contributed by atoms with Crippen molar-refractivity contribution in [1.82, 2.24) is 9.55 Å². The van der Waals surface area contributed by atoms with Gasteiger partial charge in [-0.3, -0.25) is 4.98 Å². The molecule has 1 aliphatic carbocycles. The Morgan fingerprint density at radius 2 is 1.29 bits per heavy atom. The largest absolute Gasteiger partial charge is 0.309 e. The van der Waals surface area contributed by atoms with E-state index in [1.165, 1.54) is 60.4 Å². The topological polar surface area (TPSA) is 17.8 Å². The molecular weight excluding hydrogens is 508 g/mol. The molecule has 0 amide bonds. The van der Waals surface area contributed by atoms with Crippen LogP contribution in [0.4, 0.5) is 0 Å². The van der Waals surface area contributed by atoms with Gasteiger partial charge in [0.2, 0.25) is 0 Å². The molecule has 0 bridgehead atoms. The van der Waals surface area contributed by atoms with Gasteiger partial charge in [-0.25, -0.2) is 0 Å². The summed E-state index contributed by atoms with van der Waals surface area (Å²) in [5.74, 6) is 0. The molecule has 8 aromatic rings. The highest BCUT2D eigenvalue weighted by molar-refractivity contribution is 6.24. The van der Waals surface area contributed by atoms with Gasteiger partial charge >= 0.3 is 0 Å². The summed E-state index contributed by atoms with van der Waals surface area (Å²) >= 11 is 0. The van der Waals surface area contributed by atoms with E-state index >= 15 is 0 Å². The Balaban J connectivity index is 1.36. The number of pyridine rings is 1. The van der Waals surface area contributed by atoms with E-state index in [-0.39, 0.29) is 5.41 Å². The molecule has 0 spiro atoms. The van der Waals surface area contributed by atoms with Crippen LogP contribution in [0.15, 0.2) is 134 Å². The summed E-state index contributed by atoms with van der Waals surface area (Å²) in [4.78, 5) is 4.70. The third kappa shape index (κ3) is 3.07. The van der Waals surface area contributed by atoms with Crippen LogP contribution in [-0.2, 0) is 5.41 Å². The van der Waals surface area contributed by atoms with Crippen LogP contribution in [0.5, 0.6) is 0 Å². The number of nitrogens with zero attached hydrogens (tertiary/aromatic N) is 2.